The number of β-amino-alcohol motifs (C(OH)–C–C–N with tert-alkyl or cyclic N) is 3. The average molecular weight is 1290 g/mol. The van der Waals surface area contributed by atoms with Crippen LogP contribution in [0.5, 0.6) is 0 Å². The Hall–Kier alpha value is -9.66. The largest absolute Gasteiger partial charge is 0.480 e. The van der Waals surface area contributed by atoms with E-state index in [1.165, 1.54) is 13.8 Å². The molecule has 91 heavy (non-hydrogen) atoms. The molecule has 1 aromatic carbocycles. The van der Waals surface area contributed by atoms with Gasteiger partial charge in [0.15, 0.2) is 5.96 Å². The molecule has 3 saturated heterocycles. The number of likely N-dealkylation sites (tertiary alicyclic amines) is 3. The molecule has 22 N–H and O–H groups in total. The zero-order valence-corrected chi connectivity index (χ0v) is 49.8. The molecule has 0 saturated carbocycles. The molecule has 11 atom stereocenters. The Kier molecular flexibility index (Phi) is 29.3. The Bertz CT molecular complexity index is 2850. The van der Waals surface area contributed by atoms with Crippen molar-refractivity contribution in [1.29, 1.82) is 5.41 Å². The number of hydrogen-bond donors (Lipinski definition) is 20. The van der Waals surface area contributed by atoms with Gasteiger partial charge in [-0.25, -0.2) is 4.79 Å². The molecule has 38 nitrogen and oxygen atoms in total. The highest BCUT2D eigenvalue weighted by molar-refractivity contribution is 5.98. The van der Waals surface area contributed by atoms with Crippen LogP contribution < -0.4 is 75.3 Å². The number of rotatable bonds is 33. The highest BCUT2D eigenvalue weighted by Gasteiger charge is 2.44. The number of nitrogens with zero attached hydrogens (tertiary/aromatic N) is 3. The van der Waals surface area contributed by atoms with Crippen LogP contribution in [0.2, 0.25) is 0 Å². The number of carboxylic acid groups (broad SMARTS) is 1. The molecule has 3 aliphatic heterocycles. The SMILES string of the molecule is C[C@H](NC(=O)CNC(=O)[C@@H]1C[C@@H](O)CN1C(=O)CNC(=O)CNC(=O)[C@@H]1C[C@@H](O)CN1C(=O)[C@H](CO)NC(=O)CN)C(=O)N[C@@H](C)C(=O)NCC(=O)N[C@@H](Cc1ccccc1)C(=O)N1C[C@H](O)C[C@H]1C(=O)NCC(=O)NCC(=O)N[C@@H](CCCNC(=N)N)C(=O)O. The fraction of sp³-hybridized carbons (Fsp3) is 0.585. The lowest BCUT2D eigenvalue weighted by Crippen LogP contribution is -2.56. The van der Waals surface area contributed by atoms with Gasteiger partial charge < -0.3 is 116 Å². The maximum absolute atomic E-state index is 14.1. The number of amides is 14. The van der Waals surface area contributed by atoms with Crippen molar-refractivity contribution in [3.05, 3.63) is 35.9 Å². The lowest BCUT2D eigenvalue weighted by Gasteiger charge is -2.28. The van der Waals surface area contributed by atoms with Gasteiger partial charge in [0, 0.05) is 51.9 Å². The molecule has 3 heterocycles. The number of aliphatic carboxylic acids is 1. The Morgan fingerprint density at radius 3 is 1.46 bits per heavy atom. The molecule has 0 aliphatic carbocycles. The first-order valence-electron chi connectivity index (χ1n) is 28.7. The van der Waals surface area contributed by atoms with Gasteiger partial charge in [0.1, 0.15) is 48.3 Å². The van der Waals surface area contributed by atoms with Crippen LogP contribution in [0.15, 0.2) is 30.3 Å². The minimum atomic E-state index is -1.47. The standard InChI is InChI=1S/C53H80N18O20/c1-26(65-46(84)27(2)64-41(79)19-63-47(85)35-12-29(73)22-69(35)44(82)21-59-40(78)17-62-49(87)37-14-31(75)24-71(37)51(89)34(25-72)68-38(76)15-54)45(83)60-20-43(81)67-33(11-28-7-4-3-5-8-28)50(88)70-23-30(74)13-36(70)48(86)61-16-39(77)58-18-42(80)66-32(52(90)91)9-6-10-57-53(55)56/h3-5,7-8,26-27,29-37,72-75H,6,9-25,54H2,1-2H3,(H,58,77)(H,59,78)(H,60,83)(H,61,86)(H,62,87)(H,63,85)(H,64,79)(H,65,84)(H,66,80)(H,67,81)(H,68,76)(H,90,91)(H4,55,56,57)/t26-,27-,29+,30+,31+,32-,33-,34-,35-,36-,37-/m0/s1. The molecule has 502 valence electrons. The predicted molar refractivity (Wildman–Crippen MR) is 311 cm³/mol. The quantitative estimate of drug-likeness (QED) is 0.0176. The average Bonchev–Trinajstić information content (AvgIpc) is 1.76. The minimum absolute atomic E-state index is 0.0242. The maximum Gasteiger partial charge on any atom is 0.326 e. The lowest BCUT2D eigenvalue weighted by atomic mass is 10.0. The fourth-order valence-corrected chi connectivity index (χ4v) is 9.63. The van der Waals surface area contributed by atoms with Crippen LogP contribution in [0.1, 0.15) is 51.5 Å². The van der Waals surface area contributed by atoms with Gasteiger partial charge in [0.25, 0.3) is 0 Å². The number of hydrogen-bond acceptors (Lipinski definition) is 21. The van der Waals surface area contributed by atoms with Crippen molar-refractivity contribution in [3.63, 3.8) is 0 Å². The second-order valence-electron chi connectivity index (χ2n) is 21.4. The third-order valence-electron chi connectivity index (χ3n) is 14.3. The number of nitrogens with two attached hydrogens (primary N) is 2. The highest BCUT2D eigenvalue weighted by atomic mass is 16.4. The summed E-state index contributed by atoms with van der Waals surface area (Å²) < 4.78 is 0. The molecule has 0 radical (unpaired) electrons. The first-order valence-corrected chi connectivity index (χ1v) is 28.7. The normalized spacial score (nSPS) is 19.9. The molecule has 0 bridgehead atoms. The van der Waals surface area contributed by atoms with Crippen molar-refractivity contribution >= 4 is 94.6 Å². The lowest BCUT2D eigenvalue weighted by molar-refractivity contribution is -0.142. The summed E-state index contributed by atoms with van der Waals surface area (Å²) in [5.41, 5.74) is 11.0. The monoisotopic (exact) mass is 1290 g/mol. The molecule has 1 aromatic rings. The second-order valence-corrected chi connectivity index (χ2v) is 21.4. The zero-order valence-electron chi connectivity index (χ0n) is 49.8. The molecule has 38 heteroatoms. The van der Waals surface area contributed by atoms with E-state index in [4.69, 9.17) is 16.9 Å². The van der Waals surface area contributed by atoms with E-state index in [0.717, 1.165) is 14.7 Å². The van der Waals surface area contributed by atoms with Gasteiger partial charge in [0.05, 0.1) is 70.7 Å². The number of nitrogens with one attached hydrogen (secondary N) is 13. The molecular formula is C53H80N18O20. The van der Waals surface area contributed by atoms with Gasteiger partial charge in [-0.05, 0) is 32.3 Å². The summed E-state index contributed by atoms with van der Waals surface area (Å²) >= 11 is 0. The Labute approximate surface area is 519 Å². The topological polar surface area (TPSA) is 587 Å². The van der Waals surface area contributed by atoms with E-state index in [0.29, 0.717) is 5.56 Å². The Balaban J connectivity index is 1.21. The van der Waals surface area contributed by atoms with Gasteiger partial charge >= 0.3 is 5.97 Å². The molecule has 3 aliphatic rings. The van der Waals surface area contributed by atoms with Crippen molar-refractivity contribution in [2.24, 2.45) is 11.5 Å². The minimum Gasteiger partial charge on any atom is -0.480 e. The number of benzene rings is 1. The van der Waals surface area contributed by atoms with Crippen LogP contribution in [0.4, 0.5) is 0 Å². The molecular weight excluding hydrogens is 1210 g/mol. The number of carboxylic acids is 1. The molecule has 3 fully saturated rings. The fourth-order valence-electron chi connectivity index (χ4n) is 9.63. The van der Waals surface area contributed by atoms with Crippen molar-refractivity contribution in [2.45, 2.75) is 119 Å². The van der Waals surface area contributed by atoms with E-state index in [1.54, 1.807) is 30.3 Å². The Morgan fingerprint density at radius 1 is 0.527 bits per heavy atom. The van der Waals surface area contributed by atoms with Gasteiger partial charge in [-0.1, -0.05) is 30.3 Å². The third kappa shape index (κ3) is 24.0. The number of aliphatic hydroxyl groups is 4. The van der Waals surface area contributed by atoms with E-state index in [-0.39, 0.29) is 70.7 Å². The summed E-state index contributed by atoms with van der Waals surface area (Å²) in [5.74, 6) is -13.8. The summed E-state index contributed by atoms with van der Waals surface area (Å²) in [5, 5.41) is 85.2. The summed E-state index contributed by atoms with van der Waals surface area (Å²) in [6.45, 7) is -3.92. The van der Waals surface area contributed by atoms with E-state index < -0.39 is 208 Å². The van der Waals surface area contributed by atoms with Crippen LogP contribution in [0.3, 0.4) is 0 Å². The first-order chi connectivity index (χ1) is 43.0. The van der Waals surface area contributed by atoms with Gasteiger partial charge in [0.2, 0.25) is 82.7 Å². The Morgan fingerprint density at radius 2 is 0.956 bits per heavy atom. The van der Waals surface area contributed by atoms with Gasteiger partial charge in [-0.3, -0.25) is 72.5 Å². The zero-order chi connectivity index (χ0) is 67.6. The second kappa shape index (κ2) is 36.1. The summed E-state index contributed by atoms with van der Waals surface area (Å²) in [7, 11) is 0. The molecule has 0 unspecified atom stereocenters. The van der Waals surface area contributed by atoms with E-state index in [9.17, 15) is 97.5 Å². The summed E-state index contributed by atoms with van der Waals surface area (Å²) in [6, 6.07) is -2.43. The van der Waals surface area contributed by atoms with Crippen molar-refractivity contribution in [3.8, 4) is 0 Å². The number of carbonyl (C=O) groups is 15. The third-order valence-corrected chi connectivity index (χ3v) is 14.3. The van der Waals surface area contributed by atoms with Crippen LogP contribution in [0, 0.1) is 5.41 Å². The number of guanidine groups is 1. The molecule has 0 spiro atoms. The molecule has 0 aromatic heterocycles. The van der Waals surface area contributed by atoms with E-state index in [1.807, 2.05) is 0 Å². The number of aliphatic hydroxyl groups excluding tert-OH is 4. The predicted octanol–water partition coefficient (Wildman–Crippen LogP) is -12.4. The van der Waals surface area contributed by atoms with Crippen LogP contribution in [-0.2, 0) is 78.3 Å². The van der Waals surface area contributed by atoms with E-state index in [2.05, 4.69) is 63.8 Å². The smallest absolute Gasteiger partial charge is 0.326 e. The molecule has 14 amide bonds. The van der Waals surface area contributed by atoms with E-state index >= 15 is 0 Å². The van der Waals surface area contributed by atoms with Crippen LogP contribution >= 0.6 is 0 Å². The molecule has 4 rings (SSSR count). The van der Waals surface area contributed by atoms with Crippen LogP contribution in [-0.4, -0.2) is 280 Å². The first kappa shape index (κ1) is 73.8. The van der Waals surface area contributed by atoms with Crippen molar-refractivity contribution in [2.75, 3.05) is 78.6 Å². The highest BCUT2D eigenvalue weighted by Crippen LogP contribution is 2.22. The summed E-state index contributed by atoms with van der Waals surface area (Å²) in [6.07, 6.45) is -4.22. The van der Waals surface area contributed by atoms with Gasteiger partial charge in [-0.15, -0.1) is 0 Å². The van der Waals surface area contributed by atoms with Crippen LogP contribution in [0.25, 0.3) is 0 Å². The maximum atomic E-state index is 14.1. The van der Waals surface area contributed by atoms with Gasteiger partial charge in [-0.2, -0.15) is 0 Å². The van der Waals surface area contributed by atoms with Crippen molar-refractivity contribution < 1.29 is 97.5 Å². The summed E-state index contributed by atoms with van der Waals surface area (Å²) in [4.78, 5) is 196. The number of carbonyl (C=O) groups excluding carboxylic acids is 14. The van der Waals surface area contributed by atoms with Crippen molar-refractivity contribution in [1.82, 2.24) is 78.5 Å².